The number of aliphatic hydroxyl groups is 1. The van der Waals surface area contributed by atoms with Gasteiger partial charge in [0.2, 0.25) is 5.84 Å². The highest BCUT2D eigenvalue weighted by atomic mass is 16.3. The van der Waals surface area contributed by atoms with E-state index in [9.17, 15) is 14.7 Å². The highest BCUT2D eigenvalue weighted by molar-refractivity contribution is 6.39. The Morgan fingerprint density at radius 3 is 2.67 bits per heavy atom. The van der Waals surface area contributed by atoms with Gasteiger partial charge in [-0.05, 0) is 38.3 Å². The zero-order valence-corrected chi connectivity index (χ0v) is 13.9. The molecule has 1 aliphatic carbocycles. The monoisotopic (exact) mass is 330 g/mol. The molecule has 0 unspecified atom stereocenters. The van der Waals surface area contributed by atoms with Gasteiger partial charge in [-0.3, -0.25) is 15.0 Å². The lowest BCUT2D eigenvalue weighted by Gasteiger charge is -2.40. The van der Waals surface area contributed by atoms with E-state index in [1.54, 1.807) is 26.1 Å². The fourth-order valence-corrected chi connectivity index (χ4v) is 2.93. The largest absolute Gasteiger partial charge is 0.388 e. The first kappa shape index (κ1) is 16.4. The van der Waals surface area contributed by atoms with Gasteiger partial charge in [-0.2, -0.15) is 0 Å². The minimum absolute atomic E-state index is 0.108. The Morgan fingerprint density at radius 2 is 2.08 bits per heavy atom. The Morgan fingerprint density at radius 1 is 1.42 bits per heavy atom. The van der Waals surface area contributed by atoms with Crippen molar-refractivity contribution >= 4 is 23.3 Å². The minimum atomic E-state index is -0.791. The summed E-state index contributed by atoms with van der Waals surface area (Å²) >= 11 is 0. The van der Waals surface area contributed by atoms with Gasteiger partial charge in [-0.25, -0.2) is 10.0 Å². The van der Waals surface area contributed by atoms with Gasteiger partial charge in [0.1, 0.15) is 6.04 Å². The van der Waals surface area contributed by atoms with Gasteiger partial charge in [-0.15, -0.1) is 0 Å². The predicted octanol–water partition coefficient (Wildman–Crippen LogP) is 0.698. The molecule has 24 heavy (non-hydrogen) atoms. The normalized spacial score (nSPS) is 22.3. The summed E-state index contributed by atoms with van der Waals surface area (Å²) in [5, 5.41) is 11.6. The Bertz CT molecular complexity index is 670. The van der Waals surface area contributed by atoms with Crippen LogP contribution in [0.15, 0.2) is 35.3 Å². The predicted molar refractivity (Wildman–Crippen MR) is 90.4 cm³/mol. The third-order valence-electron chi connectivity index (χ3n) is 4.50. The maximum atomic E-state index is 12.6. The van der Waals surface area contributed by atoms with Crippen molar-refractivity contribution in [3.63, 3.8) is 0 Å². The quantitative estimate of drug-likeness (QED) is 0.851. The molecule has 1 saturated carbocycles. The first-order valence-electron chi connectivity index (χ1n) is 8.11. The summed E-state index contributed by atoms with van der Waals surface area (Å²) in [6, 6.07) is 8.42. The lowest BCUT2D eigenvalue weighted by molar-refractivity contribution is -0.129. The van der Waals surface area contributed by atoms with Gasteiger partial charge >= 0.3 is 0 Å². The number of benzene rings is 1. The number of nitrogens with one attached hydrogen (secondary N) is 1. The molecular formula is C17H22N4O3. The number of aliphatic imine (C=N–C) groups is 1. The number of likely N-dealkylation sites (N-methyl/N-ethyl adjacent to an activating group) is 1. The second-order valence-corrected chi connectivity index (χ2v) is 6.51. The molecular weight excluding hydrogens is 308 g/mol. The number of nitrogens with zero attached hydrogens (tertiary/aromatic N) is 3. The maximum absolute atomic E-state index is 12.6. The molecule has 2 N–H and O–H groups in total. The summed E-state index contributed by atoms with van der Waals surface area (Å²) in [7, 11) is 1.64. The van der Waals surface area contributed by atoms with Gasteiger partial charge in [0, 0.05) is 13.6 Å². The second kappa shape index (κ2) is 6.24. The Kier molecular flexibility index (Phi) is 4.28. The number of carbonyl (C=O) groups is 2. The molecule has 2 aliphatic rings. The van der Waals surface area contributed by atoms with Gasteiger partial charge in [0.05, 0.1) is 11.3 Å². The fraction of sp³-hybridized carbons (Fsp3) is 0.471. The molecule has 0 bridgehead atoms. The molecule has 1 aliphatic heterocycles. The summed E-state index contributed by atoms with van der Waals surface area (Å²) in [5.74, 6) is -0.454. The molecule has 0 saturated heterocycles. The molecule has 0 radical (unpaired) electrons. The van der Waals surface area contributed by atoms with Gasteiger partial charge < -0.3 is 10.0 Å². The minimum Gasteiger partial charge on any atom is -0.388 e. The lowest BCUT2D eigenvalue weighted by atomic mass is 9.80. The van der Waals surface area contributed by atoms with Crippen LogP contribution in [-0.2, 0) is 9.59 Å². The number of rotatable bonds is 4. The standard InChI is InChI=1S/C17H22N4O3/c1-12-15(22)21(13-7-4-3-5-8-13)19-14(18-12)16(23)20(2)11-17(24)9-6-10-17/h3-5,7-8,12,24H,6,9-11H2,1-2H3,(H,18,19)/t12-/m1/s1. The van der Waals surface area contributed by atoms with Crippen LogP contribution in [0.1, 0.15) is 26.2 Å². The highest BCUT2D eigenvalue weighted by Gasteiger charge is 2.38. The van der Waals surface area contributed by atoms with E-state index in [1.165, 1.54) is 9.91 Å². The molecule has 1 aromatic rings. The maximum Gasteiger partial charge on any atom is 0.290 e. The van der Waals surface area contributed by atoms with Gasteiger partial charge in [0.15, 0.2) is 0 Å². The summed E-state index contributed by atoms with van der Waals surface area (Å²) in [6.45, 7) is 1.92. The number of para-hydroxylation sites is 1. The zero-order valence-electron chi connectivity index (χ0n) is 13.9. The third kappa shape index (κ3) is 3.12. The third-order valence-corrected chi connectivity index (χ3v) is 4.50. The molecule has 1 fully saturated rings. The Labute approximate surface area is 140 Å². The molecule has 7 nitrogen and oxygen atoms in total. The molecule has 0 spiro atoms. The van der Waals surface area contributed by atoms with Crippen LogP contribution in [0.5, 0.6) is 0 Å². The van der Waals surface area contributed by atoms with E-state index >= 15 is 0 Å². The Hall–Kier alpha value is -2.41. The molecule has 1 atom stereocenters. The fourth-order valence-electron chi connectivity index (χ4n) is 2.93. The lowest BCUT2D eigenvalue weighted by Crippen LogP contribution is -2.59. The molecule has 1 aromatic carbocycles. The Balaban J connectivity index is 1.76. The van der Waals surface area contributed by atoms with Crippen LogP contribution in [0, 0.1) is 0 Å². The molecule has 2 amide bonds. The summed E-state index contributed by atoms with van der Waals surface area (Å²) < 4.78 is 0. The van der Waals surface area contributed by atoms with E-state index in [2.05, 4.69) is 10.4 Å². The summed E-state index contributed by atoms with van der Waals surface area (Å²) in [6.07, 6.45) is 2.39. The smallest absolute Gasteiger partial charge is 0.290 e. The molecule has 128 valence electrons. The second-order valence-electron chi connectivity index (χ2n) is 6.51. The van der Waals surface area contributed by atoms with Crippen molar-refractivity contribution in [2.24, 2.45) is 4.99 Å². The van der Waals surface area contributed by atoms with E-state index in [0.717, 1.165) is 6.42 Å². The van der Waals surface area contributed by atoms with Crippen molar-refractivity contribution in [2.45, 2.75) is 37.8 Å². The van der Waals surface area contributed by atoms with Crippen molar-refractivity contribution in [2.75, 3.05) is 18.6 Å². The number of anilines is 1. The molecule has 0 aromatic heterocycles. The van der Waals surface area contributed by atoms with Crippen LogP contribution < -0.4 is 10.4 Å². The van der Waals surface area contributed by atoms with Crippen LogP contribution in [0.4, 0.5) is 5.69 Å². The van der Waals surface area contributed by atoms with Crippen LogP contribution in [0.3, 0.4) is 0 Å². The van der Waals surface area contributed by atoms with Crippen LogP contribution >= 0.6 is 0 Å². The number of carbonyl (C=O) groups excluding carboxylic acids is 2. The SMILES string of the molecule is C[C@H]1N=C(C(=O)N(C)CC2(O)CCC2)NN(c2ccccc2)C1=O. The highest BCUT2D eigenvalue weighted by Crippen LogP contribution is 2.32. The van der Waals surface area contributed by atoms with Crippen molar-refractivity contribution < 1.29 is 14.7 Å². The first-order valence-corrected chi connectivity index (χ1v) is 8.11. The zero-order chi connectivity index (χ0) is 17.3. The molecule has 3 rings (SSSR count). The van der Waals surface area contributed by atoms with Crippen molar-refractivity contribution in [1.29, 1.82) is 0 Å². The first-order chi connectivity index (χ1) is 11.4. The van der Waals surface area contributed by atoms with Crippen LogP contribution in [0.2, 0.25) is 0 Å². The summed E-state index contributed by atoms with van der Waals surface area (Å²) in [4.78, 5) is 30.6. The van der Waals surface area contributed by atoms with E-state index in [0.29, 0.717) is 18.5 Å². The van der Waals surface area contributed by atoms with Gasteiger partial charge in [-0.1, -0.05) is 18.2 Å². The van der Waals surface area contributed by atoms with Gasteiger partial charge in [0.25, 0.3) is 11.8 Å². The van der Waals surface area contributed by atoms with E-state index in [-0.39, 0.29) is 24.2 Å². The topological polar surface area (TPSA) is 85.2 Å². The van der Waals surface area contributed by atoms with E-state index < -0.39 is 11.6 Å². The number of amidine groups is 1. The average Bonchev–Trinajstić information content (AvgIpc) is 2.55. The average molecular weight is 330 g/mol. The van der Waals surface area contributed by atoms with E-state index in [1.807, 2.05) is 18.2 Å². The van der Waals surface area contributed by atoms with Crippen molar-refractivity contribution in [3.8, 4) is 0 Å². The number of amides is 2. The molecule has 7 heteroatoms. The number of hydrogen-bond acceptors (Lipinski definition) is 5. The van der Waals surface area contributed by atoms with E-state index in [4.69, 9.17) is 0 Å². The van der Waals surface area contributed by atoms with Crippen molar-refractivity contribution in [3.05, 3.63) is 30.3 Å². The van der Waals surface area contributed by atoms with Crippen LogP contribution in [-0.4, -0.2) is 52.9 Å². The van der Waals surface area contributed by atoms with Crippen molar-refractivity contribution in [1.82, 2.24) is 10.3 Å². The number of hydrazine groups is 1. The summed E-state index contributed by atoms with van der Waals surface area (Å²) in [5.41, 5.74) is 2.67. The number of hydrogen-bond donors (Lipinski definition) is 2. The van der Waals surface area contributed by atoms with Crippen LogP contribution in [0.25, 0.3) is 0 Å². The molecule has 1 heterocycles.